The van der Waals surface area contributed by atoms with Gasteiger partial charge in [0.05, 0.1) is 0 Å². The van der Waals surface area contributed by atoms with Gasteiger partial charge in [-0.05, 0) is 31.4 Å². The number of para-hydroxylation sites is 1. The summed E-state index contributed by atoms with van der Waals surface area (Å²) in [5.41, 5.74) is 0. The number of aliphatic carboxylic acids is 1. The molecule has 1 aromatic rings. The van der Waals surface area contributed by atoms with Gasteiger partial charge in [0.2, 0.25) is 0 Å². The van der Waals surface area contributed by atoms with E-state index in [1.54, 1.807) is 24.0 Å². The quantitative estimate of drug-likeness (QED) is 0.901. The molecular formula is C15H18FNO4. The Morgan fingerprint density at radius 1 is 1.48 bits per heavy atom. The number of benzene rings is 1. The summed E-state index contributed by atoms with van der Waals surface area (Å²) in [7, 11) is 0. The van der Waals surface area contributed by atoms with Crippen molar-refractivity contribution in [2.24, 2.45) is 5.92 Å². The average molecular weight is 295 g/mol. The van der Waals surface area contributed by atoms with Crippen molar-refractivity contribution in [2.45, 2.75) is 25.9 Å². The van der Waals surface area contributed by atoms with Gasteiger partial charge in [-0.25, -0.2) is 4.39 Å². The predicted octanol–water partition coefficient (Wildman–Crippen LogP) is 1.92. The zero-order chi connectivity index (χ0) is 15.4. The fourth-order valence-electron chi connectivity index (χ4n) is 2.48. The largest absolute Gasteiger partial charge is 0.481 e. The number of likely N-dealkylation sites (tertiary alicyclic amines) is 1. The molecule has 0 saturated carbocycles. The monoisotopic (exact) mass is 295 g/mol. The Morgan fingerprint density at radius 3 is 2.86 bits per heavy atom. The first-order valence-electron chi connectivity index (χ1n) is 6.89. The molecule has 2 atom stereocenters. The van der Waals surface area contributed by atoms with Crippen LogP contribution in [0.2, 0.25) is 0 Å². The summed E-state index contributed by atoms with van der Waals surface area (Å²) >= 11 is 0. The van der Waals surface area contributed by atoms with E-state index in [1.165, 1.54) is 12.1 Å². The van der Waals surface area contributed by atoms with Gasteiger partial charge in [0, 0.05) is 19.5 Å². The third-order valence-electron chi connectivity index (χ3n) is 3.55. The summed E-state index contributed by atoms with van der Waals surface area (Å²) in [6.45, 7) is 2.50. The molecule has 6 heteroatoms. The first-order chi connectivity index (χ1) is 9.97. The molecule has 2 rings (SSSR count). The fraction of sp³-hybridized carbons (Fsp3) is 0.467. The number of carbonyl (C=O) groups excluding carboxylic acids is 1. The van der Waals surface area contributed by atoms with Crippen molar-refractivity contribution in [3.05, 3.63) is 30.1 Å². The number of hydrogen-bond donors (Lipinski definition) is 1. The SMILES string of the molecule is CC(Oc1ccccc1F)C(=O)N1CCC(CC(=O)O)C1. The summed E-state index contributed by atoms with van der Waals surface area (Å²) in [4.78, 5) is 24.5. The second-order valence-electron chi connectivity index (χ2n) is 5.23. The number of rotatable bonds is 5. The van der Waals surface area contributed by atoms with Crippen LogP contribution in [0.1, 0.15) is 19.8 Å². The van der Waals surface area contributed by atoms with Gasteiger partial charge in [-0.1, -0.05) is 12.1 Å². The molecule has 1 aromatic carbocycles. The number of carbonyl (C=O) groups is 2. The molecule has 0 bridgehead atoms. The standard InChI is InChI=1S/C15H18FNO4/c1-10(21-13-5-3-2-4-12(13)16)15(20)17-7-6-11(9-17)8-14(18)19/h2-5,10-11H,6-9H2,1H3,(H,18,19). The van der Waals surface area contributed by atoms with Gasteiger partial charge in [-0.15, -0.1) is 0 Å². The maximum Gasteiger partial charge on any atom is 0.303 e. The highest BCUT2D eigenvalue weighted by Gasteiger charge is 2.31. The normalized spacial score (nSPS) is 19.3. The van der Waals surface area contributed by atoms with E-state index in [4.69, 9.17) is 9.84 Å². The van der Waals surface area contributed by atoms with Gasteiger partial charge < -0.3 is 14.7 Å². The Morgan fingerprint density at radius 2 is 2.19 bits per heavy atom. The summed E-state index contributed by atoms with van der Waals surface area (Å²) < 4.78 is 18.8. The van der Waals surface area contributed by atoms with Gasteiger partial charge in [-0.3, -0.25) is 9.59 Å². The predicted molar refractivity (Wildman–Crippen MR) is 73.4 cm³/mol. The lowest BCUT2D eigenvalue weighted by Crippen LogP contribution is -2.39. The van der Waals surface area contributed by atoms with Crippen molar-refractivity contribution in [3.63, 3.8) is 0 Å². The van der Waals surface area contributed by atoms with Crippen LogP contribution in [0.15, 0.2) is 24.3 Å². The highest BCUT2D eigenvalue weighted by atomic mass is 19.1. The van der Waals surface area contributed by atoms with E-state index in [2.05, 4.69) is 0 Å². The highest BCUT2D eigenvalue weighted by Crippen LogP contribution is 2.22. The van der Waals surface area contributed by atoms with Crippen LogP contribution in [-0.2, 0) is 9.59 Å². The molecule has 2 unspecified atom stereocenters. The van der Waals surface area contributed by atoms with Gasteiger partial charge >= 0.3 is 5.97 Å². The van der Waals surface area contributed by atoms with Crippen LogP contribution < -0.4 is 4.74 Å². The number of amides is 1. The Kier molecular flexibility index (Phi) is 4.77. The van der Waals surface area contributed by atoms with E-state index in [0.29, 0.717) is 19.5 Å². The molecule has 0 aliphatic carbocycles. The molecule has 1 N–H and O–H groups in total. The molecular weight excluding hydrogens is 277 g/mol. The second-order valence-corrected chi connectivity index (χ2v) is 5.23. The van der Waals surface area contributed by atoms with Gasteiger partial charge in [-0.2, -0.15) is 0 Å². The third kappa shape index (κ3) is 3.93. The topological polar surface area (TPSA) is 66.8 Å². The molecule has 5 nitrogen and oxygen atoms in total. The summed E-state index contributed by atoms with van der Waals surface area (Å²) in [6.07, 6.45) is -0.0676. The second kappa shape index (κ2) is 6.56. The van der Waals surface area contributed by atoms with Gasteiger partial charge in [0.25, 0.3) is 5.91 Å². The van der Waals surface area contributed by atoms with Crippen LogP contribution in [0.3, 0.4) is 0 Å². The highest BCUT2D eigenvalue weighted by molar-refractivity contribution is 5.81. The Hall–Kier alpha value is -2.11. The minimum absolute atomic E-state index is 0.0212. The lowest BCUT2D eigenvalue weighted by molar-refractivity contribution is -0.139. The van der Waals surface area contributed by atoms with Crippen molar-refractivity contribution in [3.8, 4) is 5.75 Å². The van der Waals surface area contributed by atoms with Crippen molar-refractivity contribution >= 4 is 11.9 Å². The van der Waals surface area contributed by atoms with Crippen LogP contribution in [0.4, 0.5) is 4.39 Å². The number of hydrogen-bond acceptors (Lipinski definition) is 3. The zero-order valence-electron chi connectivity index (χ0n) is 11.8. The Labute approximate surface area is 122 Å². The maximum atomic E-state index is 13.5. The average Bonchev–Trinajstić information content (AvgIpc) is 2.88. The minimum Gasteiger partial charge on any atom is -0.481 e. The van der Waals surface area contributed by atoms with Crippen LogP contribution in [0.25, 0.3) is 0 Å². The van der Waals surface area contributed by atoms with E-state index >= 15 is 0 Å². The van der Waals surface area contributed by atoms with Crippen molar-refractivity contribution in [1.82, 2.24) is 4.90 Å². The van der Waals surface area contributed by atoms with Crippen molar-refractivity contribution < 1.29 is 23.8 Å². The van der Waals surface area contributed by atoms with E-state index in [0.717, 1.165) is 0 Å². The van der Waals surface area contributed by atoms with E-state index in [-0.39, 0.29) is 24.0 Å². The van der Waals surface area contributed by atoms with Crippen LogP contribution >= 0.6 is 0 Å². The summed E-state index contributed by atoms with van der Waals surface area (Å²) in [6, 6.07) is 5.92. The number of halogens is 1. The Bertz CT molecular complexity index is 534. The fourth-order valence-corrected chi connectivity index (χ4v) is 2.48. The number of carboxylic acid groups (broad SMARTS) is 1. The first kappa shape index (κ1) is 15.3. The molecule has 1 aliphatic rings. The molecule has 1 saturated heterocycles. The lowest BCUT2D eigenvalue weighted by Gasteiger charge is -2.21. The van der Waals surface area contributed by atoms with Gasteiger partial charge in [0.1, 0.15) is 0 Å². The molecule has 114 valence electrons. The molecule has 0 radical (unpaired) electrons. The van der Waals surface area contributed by atoms with Crippen LogP contribution in [0, 0.1) is 11.7 Å². The molecule has 1 aliphatic heterocycles. The molecule has 1 fully saturated rings. The molecule has 21 heavy (non-hydrogen) atoms. The number of carboxylic acids is 1. The van der Waals surface area contributed by atoms with E-state index in [9.17, 15) is 14.0 Å². The molecule has 0 aromatic heterocycles. The van der Waals surface area contributed by atoms with Crippen LogP contribution in [-0.4, -0.2) is 41.1 Å². The first-order valence-corrected chi connectivity index (χ1v) is 6.89. The van der Waals surface area contributed by atoms with Crippen molar-refractivity contribution in [1.29, 1.82) is 0 Å². The smallest absolute Gasteiger partial charge is 0.303 e. The summed E-state index contributed by atoms with van der Waals surface area (Å²) in [5, 5.41) is 8.76. The number of ether oxygens (including phenoxy) is 1. The van der Waals surface area contributed by atoms with E-state index in [1.807, 2.05) is 0 Å². The van der Waals surface area contributed by atoms with Gasteiger partial charge in [0.15, 0.2) is 17.7 Å². The lowest BCUT2D eigenvalue weighted by atomic mass is 10.1. The molecule has 1 heterocycles. The number of nitrogens with zero attached hydrogens (tertiary/aromatic N) is 1. The third-order valence-corrected chi connectivity index (χ3v) is 3.55. The molecule has 1 amide bonds. The minimum atomic E-state index is -0.857. The molecule has 0 spiro atoms. The van der Waals surface area contributed by atoms with E-state index < -0.39 is 17.9 Å². The summed E-state index contributed by atoms with van der Waals surface area (Å²) in [5.74, 6) is -1.59. The van der Waals surface area contributed by atoms with Crippen molar-refractivity contribution in [2.75, 3.05) is 13.1 Å². The Balaban J connectivity index is 1.91. The zero-order valence-corrected chi connectivity index (χ0v) is 11.8. The van der Waals surface area contributed by atoms with Crippen LogP contribution in [0.5, 0.6) is 5.75 Å². The maximum absolute atomic E-state index is 13.5.